The van der Waals surface area contributed by atoms with Crippen LogP contribution in [0.5, 0.6) is 0 Å². The summed E-state index contributed by atoms with van der Waals surface area (Å²) in [5.41, 5.74) is 27.5. The van der Waals surface area contributed by atoms with E-state index in [-0.39, 0.29) is 0 Å². The Morgan fingerprint density at radius 3 is 0.944 bits per heavy atom. The smallest absolute Gasteiger partial charge is 0.143 e. The lowest BCUT2D eigenvalue weighted by Crippen LogP contribution is -2.28. The zero-order chi connectivity index (χ0) is 83.2. The van der Waals surface area contributed by atoms with Gasteiger partial charge >= 0.3 is 0 Å². The molecule has 0 atom stereocenters. The fourth-order valence-corrected chi connectivity index (χ4v) is 20.9. The van der Waals surface area contributed by atoms with Crippen molar-refractivity contribution < 1.29 is 4.42 Å². The summed E-state index contributed by atoms with van der Waals surface area (Å²) in [6, 6.07) is 178. The summed E-state index contributed by atoms with van der Waals surface area (Å²) >= 11 is 0. The summed E-state index contributed by atoms with van der Waals surface area (Å²) in [6.45, 7) is 0. The maximum atomic E-state index is 6.47. The number of para-hydroxylation sites is 2. The standard InChI is InChI=1S/C65H43N.C58H37NO/c1-4-21-44(22-5-1)62-55-33-16-13-30-52(55)53-31-14-17-34-56(53)63(62)45-39-41-49(42-40-45)66(61-43-46-23-10-11-28-50(46)51-29-12-15-32-54(51)61)60-38-20-37-59-64(60)57-35-18-19-36-58(57)65(59,47-24-6-2-7-25-47)48-26-8-3-9-27-48;1-2-15-39(16-3-1)56-51-24-10-7-20-47(51)48-21-8-11-25-52(48)57(56)40-31-35-43(36-32-40)59(54-37-41-17-4-5-18-44(41)46-19-6-9-22-49(46)54)42-33-29-38(30-34-42)45-26-14-27-53-50-23-12-13-28-55(50)60-58(45)53/h1-43H;1-37H. The minimum absolute atomic E-state index is 0.531. The summed E-state index contributed by atoms with van der Waals surface area (Å²) in [5.74, 6) is 0. The fourth-order valence-electron chi connectivity index (χ4n) is 20.9. The third kappa shape index (κ3) is 12.0. The topological polar surface area (TPSA) is 19.6 Å². The quantitative estimate of drug-likeness (QED) is 0.107. The van der Waals surface area contributed by atoms with Crippen molar-refractivity contribution in [1.82, 2.24) is 0 Å². The molecule has 0 fully saturated rings. The molecule has 588 valence electrons. The first-order valence-electron chi connectivity index (χ1n) is 43.5. The van der Waals surface area contributed by atoms with Gasteiger partial charge < -0.3 is 14.2 Å². The Labute approximate surface area is 731 Å². The van der Waals surface area contributed by atoms with Gasteiger partial charge in [-0.3, -0.25) is 0 Å². The van der Waals surface area contributed by atoms with E-state index in [4.69, 9.17) is 4.42 Å². The van der Waals surface area contributed by atoms with Gasteiger partial charge in [0.1, 0.15) is 11.2 Å². The summed E-state index contributed by atoms with van der Waals surface area (Å²) in [5, 5.41) is 22.1. The first-order chi connectivity index (χ1) is 62.6. The van der Waals surface area contributed by atoms with Crippen molar-refractivity contribution in [1.29, 1.82) is 0 Å². The molecule has 0 N–H and O–H groups in total. The SMILES string of the molecule is c1ccc(-c2c(-c3ccc(N(c4ccc(-c5cccc6c5oc5ccccc56)cc4)c4cc5ccccc5c5ccccc45)cc3)c3ccccc3c3ccccc23)cc1.c1ccc(-c2c(-c3ccc(N(c4cccc5c4-c4ccccc4C5(c4ccccc4)c4ccccc4)c4cc5ccccc5c5ccccc45)cc3)c3ccccc3c3ccccc23)cc1. The molecule has 126 heavy (non-hydrogen) atoms. The van der Waals surface area contributed by atoms with Crippen molar-refractivity contribution in [2.24, 2.45) is 0 Å². The minimum Gasteiger partial charge on any atom is -0.455 e. The highest BCUT2D eigenvalue weighted by molar-refractivity contribution is 6.24. The van der Waals surface area contributed by atoms with Crippen LogP contribution in [0.2, 0.25) is 0 Å². The van der Waals surface area contributed by atoms with E-state index in [0.717, 1.165) is 67.2 Å². The predicted octanol–water partition coefficient (Wildman–Crippen LogP) is 34.1. The van der Waals surface area contributed by atoms with Crippen LogP contribution in [0.25, 0.3) is 175 Å². The highest BCUT2D eigenvalue weighted by Gasteiger charge is 2.47. The van der Waals surface area contributed by atoms with Crippen LogP contribution in [0.15, 0.2) is 490 Å². The summed E-state index contributed by atoms with van der Waals surface area (Å²) < 4.78 is 6.47. The number of hydrogen-bond acceptors (Lipinski definition) is 3. The van der Waals surface area contributed by atoms with Crippen molar-refractivity contribution in [3.63, 3.8) is 0 Å². The second-order valence-electron chi connectivity index (χ2n) is 33.1. The van der Waals surface area contributed by atoms with Gasteiger partial charge in [0.05, 0.1) is 22.5 Å². The van der Waals surface area contributed by atoms with Crippen molar-refractivity contribution in [3.05, 3.63) is 508 Å². The second kappa shape index (κ2) is 30.6. The van der Waals surface area contributed by atoms with Crippen LogP contribution < -0.4 is 9.80 Å². The molecule has 0 unspecified atom stereocenters. The molecule has 0 amide bonds. The van der Waals surface area contributed by atoms with E-state index in [0.29, 0.717) is 0 Å². The highest BCUT2D eigenvalue weighted by atomic mass is 16.3. The van der Waals surface area contributed by atoms with Crippen LogP contribution in [0, 0.1) is 0 Å². The molecular weight excluding hydrogens is 1520 g/mol. The average Bonchev–Trinajstić information content (AvgIpc) is 1.52. The van der Waals surface area contributed by atoms with Crippen LogP contribution in [0.3, 0.4) is 0 Å². The van der Waals surface area contributed by atoms with Crippen molar-refractivity contribution >= 4 is 142 Å². The zero-order valence-corrected chi connectivity index (χ0v) is 69.0. The van der Waals surface area contributed by atoms with Gasteiger partial charge in [-0.25, -0.2) is 0 Å². The Hall–Kier alpha value is -16.5. The molecule has 0 saturated heterocycles. The van der Waals surface area contributed by atoms with E-state index in [2.05, 4.69) is 483 Å². The minimum atomic E-state index is -0.531. The third-order valence-corrected chi connectivity index (χ3v) is 26.3. The van der Waals surface area contributed by atoms with Gasteiger partial charge in [-0.05, 0) is 214 Å². The highest BCUT2D eigenvalue weighted by Crippen LogP contribution is 2.61. The van der Waals surface area contributed by atoms with Gasteiger partial charge in [0.2, 0.25) is 0 Å². The molecule has 1 aliphatic carbocycles. The summed E-state index contributed by atoms with van der Waals surface area (Å²) in [4.78, 5) is 4.96. The average molecular weight is 1600 g/mol. The molecule has 0 spiro atoms. The normalized spacial score (nSPS) is 12.2. The number of hydrogen-bond donors (Lipinski definition) is 0. The molecule has 3 heteroatoms. The zero-order valence-electron chi connectivity index (χ0n) is 69.0. The molecule has 1 aliphatic rings. The Morgan fingerprint density at radius 1 is 0.175 bits per heavy atom. The Balaban J connectivity index is 0.000000142. The summed E-state index contributed by atoms with van der Waals surface area (Å²) in [7, 11) is 0. The number of fused-ring (bicyclic) bond motifs is 18. The van der Waals surface area contributed by atoms with Crippen LogP contribution >= 0.6 is 0 Å². The number of nitrogens with zero attached hydrogens (tertiary/aromatic N) is 2. The lowest BCUT2D eigenvalue weighted by Gasteiger charge is -2.34. The van der Waals surface area contributed by atoms with Gasteiger partial charge in [-0.15, -0.1) is 0 Å². The molecular formula is C123H80N2O. The summed E-state index contributed by atoms with van der Waals surface area (Å²) in [6.07, 6.45) is 0. The Bertz CT molecular complexity index is 8330. The molecule has 0 bridgehead atoms. The maximum absolute atomic E-state index is 6.47. The van der Waals surface area contributed by atoms with Crippen LogP contribution in [0.1, 0.15) is 22.3 Å². The lowest BCUT2D eigenvalue weighted by atomic mass is 9.68. The van der Waals surface area contributed by atoms with Gasteiger partial charge in [0.15, 0.2) is 0 Å². The molecule has 0 saturated carbocycles. The van der Waals surface area contributed by atoms with E-state index < -0.39 is 5.41 Å². The van der Waals surface area contributed by atoms with Gasteiger partial charge in [0, 0.05) is 49.7 Å². The van der Waals surface area contributed by atoms with Gasteiger partial charge in [-0.1, -0.05) is 425 Å². The number of furan rings is 1. The molecule has 1 aromatic heterocycles. The van der Waals surface area contributed by atoms with E-state index in [1.165, 1.54) is 164 Å². The van der Waals surface area contributed by atoms with Crippen LogP contribution in [0.4, 0.5) is 34.1 Å². The molecule has 3 nitrogen and oxygen atoms in total. The largest absolute Gasteiger partial charge is 0.455 e. The van der Waals surface area contributed by atoms with E-state index >= 15 is 0 Å². The lowest BCUT2D eigenvalue weighted by molar-refractivity contribution is 0.670. The monoisotopic (exact) mass is 1600 g/mol. The molecule has 23 aromatic carbocycles. The van der Waals surface area contributed by atoms with Crippen molar-refractivity contribution in [2.45, 2.75) is 5.41 Å². The number of rotatable bonds is 13. The maximum Gasteiger partial charge on any atom is 0.143 e. The number of benzene rings is 23. The van der Waals surface area contributed by atoms with Crippen molar-refractivity contribution in [3.8, 4) is 66.8 Å². The molecule has 0 aliphatic heterocycles. The predicted molar refractivity (Wildman–Crippen MR) is 534 cm³/mol. The van der Waals surface area contributed by atoms with E-state index in [1.807, 2.05) is 12.1 Å². The number of anilines is 6. The van der Waals surface area contributed by atoms with Crippen LogP contribution in [-0.4, -0.2) is 0 Å². The third-order valence-electron chi connectivity index (χ3n) is 26.3. The Kier molecular flexibility index (Phi) is 17.8. The van der Waals surface area contributed by atoms with Gasteiger partial charge in [0.25, 0.3) is 0 Å². The first kappa shape index (κ1) is 73.5. The van der Waals surface area contributed by atoms with E-state index in [9.17, 15) is 0 Å². The van der Waals surface area contributed by atoms with Crippen molar-refractivity contribution in [2.75, 3.05) is 9.80 Å². The Morgan fingerprint density at radius 2 is 0.484 bits per heavy atom. The van der Waals surface area contributed by atoms with E-state index in [1.54, 1.807) is 0 Å². The first-order valence-corrected chi connectivity index (χ1v) is 43.5. The second-order valence-corrected chi connectivity index (χ2v) is 33.1. The molecule has 0 radical (unpaired) electrons. The molecule has 1 heterocycles. The molecule has 24 aromatic rings. The van der Waals surface area contributed by atoms with Gasteiger partial charge in [-0.2, -0.15) is 0 Å². The fraction of sp³-hybridized carbons (Fsp3) is 0.00813. The van der Waals surface area contributed by atoms with Crippen LogP contribution in [-0.2, 0) is 5.41 Å². The molecule has 25 rings (SSSR count).